The van der Waals surface area contributed by atoms with E-state index in [1.807, 2.05) is 0 Å². The van der Waals surface area contributed by atoms with Gasteiger partial charge in [-0.25, -0.2) is 0 Å². The van der Waals surface area contributed by atoms with Crippen LogP contribution >= 0.6 is 0 Å². The quantitative estimate of drug-likeness (QED) is 0.431. The van der Waals surface area contributed by atoms with E-state index in [4.69, 9.17) is 9.47 Å². The van der Waals surface area contributed by atoms with Crippen LogP contribution < -0.4 is 4.74 Å². The first-order chi connectivity index (χ1) is 14.8. The van der Waals surface area contributed by atoms with Crippen LogP contribution in [0.2, 0.25) is 0 Å². The summed E-state index contributed by atoms with van der Waals surface area (Å²) in [7, 11) is 0. The molecule has 2 saturated carbocycles. The topological polar surface area (TPSA) is 18.5 Å². The highest BCUT2D eigenvalue weighted by Crippen LogP contribution is 2.43. The molecule has 4 rings (SSSR count). The molecule has 2 heteroatoms. The molecule has 0 spiro atoms. The van der Waals surface area contributed by atoms with Crippen molar-refractivity contribution in [2.75, 3.05) is 6.61 Å². The number of hydrogen-bond acceptors (Lipinski definition) is 2. The van der Waals surface area contributed by atoms with Gasteiger partial charge in [0.05, 0.1) is 6.61 Å². The molecule has 0 radical (unpaired) electrons. The van der Waals surface area contributed by atoms with E-state index in [2.05, 4.69) is 31.2 Å². The third-order valence-electron chi connectivity index (χ3n) is 8.32. The Morgan fingerprint density at radius 3 is 1.97 bits per heavy atom. The van der Waals surface area contributed by atoms with Crippen molar-refractivity contribution in [3.05, 3.63) is 29.8 Å². The van der Waals surface area contributed by atoms with Gasteiger partial charge >= 0.3 is 0 Å². The van der Waals surface area contributed by atoms with E-state index in [-0.39, 0.29) is 6.29 Å². The van der Waals surface area contributed by atoms with Gasteiger partial charge < -0.3 is 9.47 Å². The summed E-state index contributed by atoms with van der Waals surface area (Å²) >= 11 is 0. The van der Waals surface area contributed by atoms with Gasteiger partial charge in [-0.3, -0.25) is 0 Å². The first kappa shape index (κ1) is 22.2. The molecular formula is C28H44O2. The molecule has 2 nitrogen and oxygen atoms in total. The van der Waals surface area contributed by atoms with Crippen molar-refractivity contribution in [2.45, 2.75) is 110 Å². The van der Waals surface area contributed by atoms with Crippen LogP contribution in [-0.2, 0) is 11.2 Å². The molecule has 1 unspecified atom stereocenters. The zero-order valence-electron chi connectivity index (χ0n) is 19.3. The lowest BCUT2D eigenvalue weighted by molar-refractivity contribution is -0.105. The van der Waals surface area contributed by atoms with Crippen molar-refractivity contribution in [1.29, 1.82) is 0 Å². The summed E-state index contributed by atoms with van der Waals surface area (Å²) < 4.78 is 11.7. The Bertz CT molecular complexity index is 588. The average molecular weight is 413 g/mol. The fourth-order valence-corrected chi connectivity index (χ4v) is 6.37. The van der Waals surface area contributed by atoms with Gasteiger partial charge in [-0.2, -0.15) is 0 Å². The molecule has 1 aromatic carbocycles. The maximum atomic E-state index is 5.97. The van der Waals surface area contributed by atoms with Gasteiger partial charge in [0.25, 0.3) is 0 Å². The van der Waals surface area contributed by atoms with Gasteiger partial charge in [0.2, 0.25) is 0 Å². The molecule has 168 valence electrons. The molecule has 1 heterocycles. The molecule has 1 saturated heterocycles. The Morgan fingerprint density at radius 2 is 1.40 bits per heavy atom. The summed E-state index contributed by atoms with van der Waals surface area (Å²) in [4.78, 5) is 0. The van der Waals surface area contributed by atoms with Crippen molar-refractivity contribution >= 4 is 0 Å². The van der Waals surface area contributed by atoms with Crippen LogP contribution in [0.1, 0.15) is 102 Å². The fourth-order valence-electron chi connectivity index (χ4n) is 6.37. The predicted octanol–water partition coefficient (Wildman–Crippen LogP) is 7.94. The molecule has 3 aliphatic rings. The molecule has 0 bridgehead atoms. The molecule has 30 heavy (non-hydrogen) atoms. The summed E-state index contributed by atoms with van der Waals surface area (Å²) in [6.45, 7) is 3.19. The minimum atomic E-state index is -0.0403. The predicted molar refractivity (Wildman–Crippen MR) is 125 cm³/mol. The number of rotatable bonds is 8. The van der Waals surface area contributed by atoms with Crippen LogP contribution in [0, 0.1) is 23.7 Å². The maximum Gasteiger partial charge on any atom is 0.199 e. The zero-order valence-corrected chi connectivity index (χ0v) is 19.3. The van der Waals surface area contributed by atoms with E-state index in [9.17, 15) is 0 Å². The molecule has 0 aromatic heterocycles. The molecule has 2 aliphatic carbocycles. The second-order valence-corrected chi connectivity index (χ2v) is 10.4. The standard InChI is InChI=1S/C28H44O2/c1-2-5-22-9-15-25(16-10-22)26-17-11-23(12-18-26)7-8-24-13-19-27(20-14-24)30-28-6-3-4-21-29-28/h13-14,19-20,22-23,25-26,28H,2-12,15-18,21H2,1H3. The summed E-state index contributed by atoms with van der Waals surface area (Å²) in [6.07, 6.45) is 20.8. The molecule has 1 aromatic rings. The van der Waals surface area contributed by atoms with Gasteiger partial charge in [-0.15, -0.1) is 0 Å². The first-order valence-electron chi connectivity index (χ1n) is 13.2. The van der Waals surface area contributed by atoms with Crippen LogP contribution in [-0.4, -0.2) is 12.9 Å². The molecule has 1 aliphatic heterocycles. The average Bonchev–Trinajstić information content (AvgIpc) is 2.80. The third-order valence-corrected chi connectivity index (χ3v) is 8.32. The highest BCUT2D eigenvalue weighted by atomic mass is 16.7. The fraction of sp³-hybridized carbons (Fsp3) is 0.786. The van der Waals surface area contributed by atoms with Crippen LogP contribution in [0.4, 0.5) is 0 Å². The van der Waals surface area contributed by atoms with E-state index < -0.39 is 0 Å². The molecule has 1 atom stereocenters. The Balaban J connectivity index is 1.13. The van der Waals surface area contributed by atoms with E-state index in [1.165, 1.54) is 95.5 Å². The third kappa shape index (κ3) is 6.49. The van der Waals surface area contributed by atoms with Crippen molar-refractivity contribution in [1.82, 2.24) is 0 Å². The number of hydrogen-bond donors (Lipinski definition) is 0. The lowest BCUT2D eigenvalue weighted by Gasteiger charge is -2.38. The van der Waals surface area contributed by atoms with Gasteiger partial charge in [0, 0.05) is 6.42 Å². The monoisotopic (exact) mass is 412 g/mol. The second-order valence-electron chi connectivity index (χ2n) is 10.4. The van der Waals surface area contributed by atoms with Crippen LogP contribution in [0.3, 0.4) is 0 Å². The second kappa shape index (κ2) is 11.6. The summed E-state index contributed by atoms with van der Waals surface area (Å²) in [5.41, 5.74) is 1.46. The molecule has 0 amide bonds. The van der Waals surface area contributed by atoms with Crippen LogP contribution in [0.15, 0.2) is 24.3 Å². The number of aryl methyl sites for hydroxylation is 1. The van der Waals surface area contributed by atoms with Gasteiger partial charge in [0.15, 0.2) is 6.29 Å². The van der Waals surface area contributed by atoms with Gasteiger partial charge in [-0.05, 0) is 92.7 Å². The molecular weight excluding hydrogens is 368 g/mol. The van der Waals surface area contributed by atoms with Gasteiger partial charge in [-0.1, -0.05) is 57.6 Å². The van der Waals surface area contributed by atoms with Crippen molar-refractivity contribution < 1.29 is 9.47 Å². The summed E-state index contributed by atoms with van der Waals surface area (Å²) in [6, 6.07) is 8.80. The lowest BCUT2D eigenvalue weighted by Crippen LogP contribution is -2.26. The highest BCUT2D eigenvalue weighted by molar-refractivity contribution is 5.27. The van der Waals surface area contributed by atoms with Crippen molar-refractivity contribution in [3.63, 3.8) is 0 Å². The zero-order chi connectivity index (χ0) is 20.6. The van der Waals surface area contributed by atoms with Crippen LogP contribution in [0.25, 0.3) is 0 Å². The Morgan fingerprint density at radius 1 is 0.767 bits per heavy atom. The Labute approximate surface area is 185 Å². The minimum Gasteiger partial charge on any atom is -0.465 e. The van der Waals surface area contributed by atoms with E-state index in [1.54, 1.807) is 0 Å². The van der Waals surface area contributed by atoms with Crippen LogP contribution in [0.5, 0.6) is 5.75 Å². The minimum absolute atomic E-state index is 0.0403. The Kier molecular flexibility index (Phi) is 8.55. The number of benzene rings is 1. The largest absolute Gasteiger partial charge is 0.465 e. The molecule has 3 fully saturated rings. The van der Waals surface area contributed by atoms with Gasteiger partial charge in [0.1, 0.15) is 5.75 Å². The Hall–Kier alpha value is -1.02. The summed E-state index contributed by atoms with van der Waals surface area (Å²) in [5.74, 6) is 5.06. The highest BCUT2D eigenvalue weighted by Gasteiger charge is 2.30. The van der Waals surface area contributed by atoms with Crippen molar-refractivity contribution in [3.8, 4) is 5.75 Å². The SMILES string of the molecule is CCCC1CCC(C2CCC(CCc3ccc(OC4CCCCO4)cc3)CC2)CC1. The summed E-state index contributed by atoms with van der Waals surface area (Å²) in [5, 5.41) is 0. The number of ether oxygens (including phenoxy) is 2. The molecule has 0 N–H and O–H groups in total. The lowest BCUT2D eigenvalue weighted by atomic mass is 9.68. The van der Waals surface area contributed by atoms with E-state index >= 15 is 0 Å². The van der Waals surface area contributed by atoms with Crippen molar-refractivity contribution in [2.24, 2.45) is 23.7 Å². The maximum absolute atomic E-state index is 5.97. The van der Waals surface area contributed by atoms with E-state index in [0.717, 1.165) is 42.4 Å². The normalized spacial score (nSPS) is 32.6. The van der Waals surface area contributed by atoms with E-state index in [0.29, 0.717) is 0 Å². The smallest absolute Gasteiger partial charge is 0.199 e. The first-order valence-corrected chi connectivity index (χ1v) is 13.2.